The summed E-state index contributed by atoms with van der Waals surface area (Å²) in [7, 11) is 0. The van der Waals surface area contributed by atoms with Gasteiger partial charge in [0.05, 0.1) is 0 Å². The van der Waals surface area contributed by atoms with Crippen molar-refractivity contribution in [2.24, 2.45) is 11.5 Å². The van der Waals surface area contributed by atoms with E-state index in [4.69, 9.17) is 11.5 Å². The Morgan fingerprint density at radius 2 is 1.89 bits per heavy atom. The summed E-state index contributed by atoms with van der Waals surface area (Å²) in [6.45, 7) is 4.93. The molecule has 0 heterocycles. The number of hydrogen-bond acceptors (Lipinski definition) is 3. The molecule has 0 atom stereocenters. The average molecular weight is 131 g/mol. The highest BCUT2D eigenvalue weighted by Gasteiger charge is 2.12. The van der Waals surface area contributed by atoms with Crippen LogP contribution in [0.5, 0.6) is 0 Å². The summed E-state index contributed by atoms with van der Waals surface area (Å²) in [5.41, 5.74) is 11.1. The van der Waals surface area contributed by atoms with E-state index in [0.717, 1.165) is 19.4 Å². The zero-order valence-corrected chi connectivity index (χ0v) is 6.28. The van der Waals surface area contributed by atoms with Crippen molar-refractivity contribution in [3.8, 4) is 0 Å². The minimum absolute atomic E-state index is 0.657. The molecule has 0 rings (SSSR count). The van der Waals surface area contributed by atoms with Gasteiger partial charge in [-0.05, 0) is 19.4 Å². The Labute approximate surface area is 56.8 Å². The molecular formula is C6H17N3. The van der Waals surface area contributed by atoms with Gasteiger partial charge < -0.3 is 11.5 Å². The van der Waals surface area contributed by atoms with Gasteiger partial charge in [-0.3, -0.25) is 5.32 Å². The first-order chi connectivity index (χ1) is 4.12. The van der Waals surface area contributed by atoms with Gasteiger partial charge in [0.1, 0.15) is 5.79 Å². The maximum Gasteiger partial charge on any atom is 0.118 e. The zero-order valence-electron chi connectivity index (χ0n) is 6.28. The van der Waals surface area contributed by atoms with Crippen molar-refractivity contribution in [3.05, 3.63) is 0 Å². The van der Waals surface area contributed by atoms with Crippen LogP contribution in [0, 0.1) is 0 Å². The smallest absolute Gasteiger partial charge is 0.118 e. The topological polar surface area (TPSA) is 64.1 Å². The summed E-state index contributed by atoms with van der Waals surface area (Å²) in [6, 6.07) is 0. The van der Waals surface area contributed by atoms with Crippen LogP contribution in [0.2, 0.25) is 0 Å². The van der Waals surface area contributed by atoms with Crippen molar-refractivity contribution in [1.29, 1.82) is 0 Å². The number of nitrogens with one attached hydrogen (secondary N) is 1. The molecule has 0 aliphatic carbocycles. The van der Waals surface area contributed by atoms with Gasteiger partial charge in [0, 0.05) is 0 Å². The fourth-order valence-electron chi connectivity index (χ4n) is 0.483. The van der Waals surface area contributed by atoms with E-state index in [1.807, 2.05) is 6.92 Å². The molecule has 0 fully saturated rings. The summed E-state index contributed by atoms with van der Waals surface area (Å²) >= 11 is 0. The third kappa shape index (κ3) is 4.39. The second-order valence-electron chi connectivity index (χ2n) is 2.32. The Hall–Kier alpha value is -0.120. The average Bonchev–Trinajstić information content (AvgIpc) is 1.84. The molecule has 0 amide bonds. The highest BCUT2D eigenvalue weighted by atomic mass is 15.2. The van der Waals surface area contributed by atoms with Gasteiger partial charge in [-0.15, -0.1) is 0 Å². The van der Waals surface area contributed by atoms with E-state index in [1.54, 1.807) is 0 Å². The molecule has 0 unspecified atom stereocenters. The maximum absolute atomic E-state index is 5.57. The Morgan fingerprint density at radius 3 is 2.22 bits per heavy atom. The van der Waals surface area contributed by atoms with E-state index in [0.29, 0.717) is 0 Å². The molecular weight excluding hydrogens is 114 g/mol. The molecule has 5 N–H and O–H groups in total. The highest BCUT2D eigenvalue weighted by molar-refractivity contribution is 4.70. The fourth-order valence-corrected chi connectivity index (χ4v) is 0.483. The minimum atomic E-state index is -0.657. The second kappa shape index (κ2) is 3.82. The maximum atomic E-state index is 5.57. The van der Waals surface area contributed by atoms with E-state index in [-0.39, 0.29) is 0 Å². The largest absolute Gasteiger partial charge is 0.301 e. The summed E-state index contributed by atoms with van der Waals surface area (Å²) < 4.78 is 0. The van der Waals surface area contributed by atoms with Crippen LogP contribution in [0.15, 0.2) is 0 Å². The molecule has 3 nitrogen and oxygen atoms in total. The SMILES string of the molecule is CCCNC(N)(N)CC. The quantitative estimate of drug-likeness (QED) is 0.469. The molecule has 0 radical (unpaired) electrons. The van der Waals surface area contributed by atoms with Crippen molar-refractivity contribution < 1.29 is 0 Å². The Balaban J connectivity index is 3.33. The first-order valence-corrected chi connectivity index (χ1v) is 3.45. The second-order valence-corrected chi connectivity index (χ2v) is 2.32. The highest BCUT2D eigenvalue weighted by Crippen LogP contribution is 1.90. The van der Waals surface area contributed by atoms with Crippen molar-refractivity contribution in [3.63, 3.8) is 0 Å². The van der Waals surface area contributed by atoms with Gasteiger partial charge in [0.15, 0.2) is 0 Å². The lowest BCUT2D eigenvalue weighted by molar-refractivity contribution is 0.336. The zero-order chi connectivity index (χ0) is 7.33. The van der Waals surface area contributed by atoms with Crippen LogP contribution in [0.25, 0.3) is 0 Å². The van der Waals surface area contributed by atoms with E-state index in [2.05, 4.69) is 12.2 Å². The minimum Gasteiger partial charge on any atom is -0.301 e. The molecule has 0 saturated carbocycles. The lowest BCUT2D eigenvalue weighted by Crippen LogP contribution is -2.60. The molecule has 0 bridgehead atoms. The van der Waals surface area contributed by atoms with Crippen LogP contribution < -0.4 is 16.8 Å². The van der Waals surface area contributed by atoms with Crippen molar-refractivity contribution >= 4 is 0 Å². The number of hydrogen-bond donors (Lipinski definition) is 3. The Kier molecular flexibility index (Phi) is 3.77. The summed E-state index contributed by atoms with van der Waals surface area (Å²) in [5, 5.41) is 3.01. The molecule has 0 spiro atoms. The standard InChI is InChI=1S/C6H17N3/c1-3-5-9-6(7,8)4-2/h9H,3-5,7-8H2,1-2H3. The van der Waals surface area contributed by atoms with E-state index < -0.39 is 5.79 Å². The first kappa shape index (κ1) is 8.88. The first-order valence-electron chi connectivity index (χ1n) is 3.45. The van der Waals surface area contributed by atoms with Crippen molar-refractivity contribution in [1.82, 2.24) is 5.32 Å². The predicted octanol–water partition coefficient (Wildman–Crippen LogP) is -0.0328. The van der Waals surface area contributed by atoms with Crippen LogP contribution in [0.3, 0.4) is 0 Å². The lowest BCUT2D eigenvalue weighted by atomic mass is 10.3. The Morgan fingerprint density at radius 1 is 1.33 bits per heavy atom. The summed E-state index contributed by atoms with van der Waals surface area (Å²) in [4.78, 5) is 0. The van der Waals surface area contributed by atoms with Gasteiger partial charge in [-0.1, -0.05) is 13.8 Å². The molecule has 3 heteroatoms. The van der Waals surface area contributed by atoms with Crippen LogP contribution in [-0.2, 0) is 0 Å². The van der Waals surface area contributed by atoms with E-state index >= 15 is 0 Å². The lowest BCUT2D eigenvalue weighted by Gasteiger charge is -2.23. The molecule has 0 saturated heterocycles. The van der Waals surface area contributed by atoms with Crippen LogP contribution in [-0.4, -0.2) is 12.3 Å². The van der Waals surface area contributed by atoms with Gasteiger partial charge in [0.25, 0.3) is 0 Å². The van der Waals surface area contributed by atoms with Gasteiger partial charge in [-0.25, -0.2) is 0 Å². The molecule has 0 aliphatic rings. The Bertz CT molecular complexity index is 70.7. The molecule has 56 valence electrons. The molecule has 0 aliphatic heterocycles. The number of rotatable bonds is 4. The third-order valence-electron chi connectivity index (χ3n) is 1.29. The number of nitrogens with two attached hydrogens (primary N) is 2. The molecule has 9 heavy (non-hydrogen) atoms. The summed E-state index contributed by atoms with van der Waals surface area (Å²) in [5.74, 6) is -0.657. The predicted molar refractivity (Wildman–Crippen MR) is 39.7 cm³/mol. The summed E-state index contributed by atoms with van der Waals surface area (Å²) in [6.07, 6.45) is 1.82. The molecule has 0 aromatic heterocycles. The van der Waals surface area contributed by atoms with Crippen LogP contribution >= 0.6 is 0 Å². The van der Waals surface area contributed by atoms with Gasteiger partial charge in [-0.2, -0.15) is 0 Å². The molecule has 0 aromatic rings. The van der Waals surface area contributed by atoms with E-state index in [1.165, 1.54) is 0 Å². The van der Waals surface area contributed by atoms with Crippen molar-refractivity contribution in [2.75, 3.05) is 6.54 Å². The van der Waals surface area contributed by atoms with E-state index in [9.17, 15) is 0 Å². The normalized spacial score (nSPS) is 12.0. The van der Waals surface area contributed by atoms with Gasteiger partial charge >= 0.3 is 0 Å². The molecule has 0 aromatic carbocycles. The van der Waals surface area contributed by atoms with Crippen molar-refractivity contribution in [2.45, 2.75) is 32.5 Å². The van der Waals surface area contributed by atoms with Gasteiger partial charge in [0.2, 0.25) is 0 Å². The monoisotopic (exact) mass is 131 g/mol. The van der Waals surface area contributed by atoms with Crippen LogP contribution in [0.1, 0.15) is 26.7 Å². The third-order valence-corrected chi connectivity index (χ3v) is 1.29. The fraction of sp³-hybridized carbons (Fsp3) is 1.00. The van der Waals surface area contributed by atoms with Crippen LogP contribution in [0.4, 0.5) is 0 Å².